The van der Waals surface area contributed by atoms with Crippen molar-refractivity contribution in [2.24, 2.45) is 7.05 Å². The van der Waals surface area contributed by atoms with Crippen molar-refractivity contribution in [3.63, 3.8) is 0 Å². The Kier molecular flexibility index (Phi) is 2.46. The summed E-state index contributed by atoms with van der Waals surface area (Å²) >= 11 is 0. The molecule has 0 saturated heterocycles. The van der Waals surface area contributed by atoms with Crippen LogP contribution in [0.1, 0.15) is 24.6 Å². The Morgan fingerprint density at radius 1 is 1.53 bits per heavy atom. The van der Waals surface area contributed by atoms with Gasteiger partial charge in [-0.1, -0.05) is 0 Å². The summed E-state index contributed by atoms with van der Waals surface area (Å²) in [7, 11) is 1.53. The number of halogens is 3. The fourth-order valence-corrected chi connectivity index (χ4v) is 1.33. The van der Waals surface area contributed by atoms with Crippen LogP contribution in [0, 0.1) is 0 Å². The van der Waals surface area contributed by atoms with Crippen LogP contribution in [0.25, 0.3) is 0 Å². The smallest absolute Gasteiger partial charge is 0.359 e. The van der Waals surface area contributed by atoms with Gasteiger partial charge in [0.15, 0.2) is 6.10 Å². The maximum atomic E-state index is 12.7. The zero-order valence-electron chi connectivity index (χ0n) is 8.16. The highest BCUT2D eigenvalue weighted by Gasteiger charge is 2.46. The van der Waals surface area contributed by atoms with E-state index in [1.165, 1.54) is 24.1 Å². The van der Waals surface area contributed by atoms with Crippen molar-refractivity contribution in [2.75, 3.05) is 0 Å². The van der Waals surface area contributed by atoms with Crippen molar-refractivity contribution in [3.05, 3.63) is 18.2 Å². The minimum Gasteiger partial charge on any atom is -0.359 e. The fourth-order valence-electron chi connectivity index (χ4n) is 1.33. The van der Waals surface area contributed by atoms with Gasteiger partial charge in [-0.25, -0.2) is 4.98 Å². The molecule has 1 atom stereocenters. The van der Waals surface area contributed by atoms with E-state index in [0.29, 0.717) is 12.8 Å². The third-order valence-corrected chi connectivity index (χ3v) is 2.27. The first-order valence-electron chi connectivity index (χ1n) is 4.67. The van der Waals surface area contributed by atoms with E-state index in [1.807, 2.05) is 0 Å². The van der Waals surface area contributed by atoms with Gasteiger partial charge in [-0.15, -0.1) is 0 Å². The first-order chi connectivity index (χ1) is 6.98. The number of rotatable bonds is 3. The molecule has 15 heavy (non-hydrogen) atoms. The number of imidazole rings is 1. The van der Waals surface area contributed by atoms with Gasteiger partial charge < -0.3 is 9.30 Å². The van der Waals surface area contributed by atoms with E-state index in [1.54, 1.807) is 0 Å². The molecule has 2 rings (SSSR count). The second-order valence-electron chi connectivity index (χ2n) is 3.69. The summed E-state index contributed by atoms with van der Waals surface area (Å²) in [4.78, 5) is 3.67. The number of aromatic nitrogens is 2. The molecular formula is C9H11F3N2O. The first-order valence-corrected chi connectivity index (χ1v) is 4.67. The van der Waals surface area contributed by atoms with Crippen LogP contribution in [0.4, 0.5) is 13.2 Å². The summed E-state index contributed by atoms with van der Waals surface area (Å²) in [5.74, 6) is 0. The van der Waals surface area contributed by atoms with Gasteiger partial charge in [0, 0.05) is 7.05 Å². The SMILES string of the molecule is Cn1cncc1C(OC1CC1)C(F)(F)F. The lowest BCUT2D eigenvalue weighted by molar-refractivity contribution is -0.229. The van der Waals surface area contributed by atoms with Gasteiger partial charge in [0.05, 0.1) is 24.3 Å². The number of hydrogen-bond donors (Lipinski definition) is 0. The van der Waals surface area contributed by atoms with E-state index in [2.05, 4.69) is 4.98 Å². The minimum absolute atomic E-state index is 0.0504. The third-order valence-electron chi connectivity index (χ3n) is 2.27. The maximum Gasteiger partial charge on any atom is 0.420 e. The molecule has 1 aliphatic carbocycles. The van der Waals surface area contributed by atoms with Gasteiger partial charge in [0.2, 0.25) is 0 Å². The van der Waals surface area contributed by atoms with Crippen LogP contribution < -0.4 is 0 Å². The van der Waals surface area contributed by atoms with Gasteiger partial charge >= 0.3 is 6.18 Å². The molecule has 1 aromatic heterocycles. The quantitative estimate of drug-likeness (QED) is 0.780. The predicted octanol–water partition coefficient (Wildman–Crippen LogP) is 2.20. The Balaban J connectivity index is 2.21. The number of ether oxygens (including phenoxy) is 1. The number of alkyl halides is 3. The van der Waals surface area contributed by atoms with Gasteiger partial charge in [0.25, 0.3) is 0 Å². The van der Waals surface area contributed by atoms with E-state index in [0.717, 1.165) is 0 Å². The molecule has 0 bridgehead atoms. The van der Waals surface area contributed by atoms with Crippen molar-refractivity contribution in [3.8, 4) is 0 Å². The largest absolute Gasteiger partial charge is 0.420 e. The lowest BCUT2D eigenvalue weighted by Gasteiger charge is -2.20. The Bertz CT molecular complexity index is 343. The summed E-state index contributed by atoms with van der Waals surface area (Å²) < 4.78 is 44.4. The highest BCUT2D eigenvalue weighted by Crippen LogP contribution is 2.40. The zero-order valence-corrected chi connectivity index (χ0v) is 8.16. The number of aryl methyl sites for hydroxylation is 1. The lowest BCUT2D eigenvalue weighted by Crippen LogP contribution is -2.26. The monoisotopic (exact) mass is 220 g/mol. The normalized spacial score (nSPS) is 19.2. The summed E-state index contributed by atoms with van der Waals surface area (Å²) in [5.41, 5.74) is 0.0504. The van der Waals surface area contributed by atoms with Crippen LogP contribution in [0.15, 0.2) is 12.5 Å². The van der Waals surface area contributed by atoms with Crippen molar-refractivity contribution < 1.29 is 17.9 Å². The summed E-state index contributed by atoms with van der Waals surface area (Å²) in [5, 5.41) is 0. The minimum atomic E-state index is -4.38. The molecule has 1 saturated carbocycles. The van der Waals surface area contributed by atoms with Crippen molar-refractivity contribution in [1.29, 1.82) is 0 Å². The Labute approximate surface area is 84.9 Å². The van der Waals surface area contributed by atoms with Crippen LogP contribution >= 0.6 is 0 Å². The van der Waals surface area contributed by atoms with Crippen LogP contribution in [-0.4, -0.2) is 21.8 Å². The van der Waals surface area contributed by atoms with Crippen LogP contribution in [-0.2, 0) is 11.8 Å². The molecule has 0 amide bonds. The Morgan fingerprint density at radius 3 is 2.60 bits per heavy atom. The number of nitrogens with zero attached hydrogens (tertiary/aromatic N) is 2. The highest BCUT2D eigenvalue weighted by molar-refractivity contribution is 5.05. The lowest BCUT2D eigenvalue weighted by atomic mass is 10.2. The molecule has 84 valence electrons. The maximum absolute atomic E-state index is 12.7. The van der Waals surface area contributed by atoms with Gasteiger partial charge in [0.1, 0.15) is 0 Å². The molecule has 0 spiro atoms. The van der Waals surface area contributed by atoms with Gasteiger partial charge in [-0.3, -0.25) is 0 Å². The van der Waals surface area contributed by atoms with Crippen molar-refractivity contribution >= 4 is 0 Å². The van der Waals surface area contributed by atoms with E-state index in [4.69, 9.17) is 4.74 Å². The molecule has 0 N–H and O–H groups in total. The molecule has 0 aromatic carbocycles. The Hall–Kier alpha value is -1.04. The molecule has 0 aliphatic heterocycles. The standard InChI is InChI=1S/C9H11F3N2O/c1-14-5-13-4-7(14)8(9(10,11)12)15-6-2-3-6/h4-6,8H,2-3H2,1H3. The van der Waals surface area contributed by atoms with Crippen molar-refractivity contribution in [2.45, 2.75) is 31.2 Å². The van der Waals surface area contributed by atoms with Gasteiger partial charge in [-0.05, 0) is 12.8 Å². The molecule has 3 nitrogen and oxygen atoms in total. The molecule has 0 radical (unpaired) electrons. The summed E-state index contributed by atoms with van der Waals surface area (Å²) in [6, 6.07) is 0. The molecule has 1 heterocycles. The van der Waals surface area contributed by atoms with Crippen molar-refractivity contribution in [1.82, 2.24) is 9.55 Å². The van der Waals surface area contributed by atoms with Gasteiger partial charge in [-0.2, -0.15) is 13.2 Å². The third kappa shape index (κ3) is 2.31. The first kappa shape index (κ1) is 10.5. The topological polar surface area (TPSA) is 27.1 Å². The summed E-state index contributed by atoms with van der Waals surface area (Å²) in [6.07, 6.45) is -2.51. The highest BCUT2D eigenvalue weighted by atomic mass is 19.4. The molecule has 1 unspecified atom stereocenters. The molecule has 1 fully saturated rings. The zero-order chi connectivity index (χ0) is 11.1. The fraction of sp³-hybridized carbons (Fsp3) is 0.667. The summed E-state index contributed by atoms with van der Waals surface area (Å²) in [6.45, 7) is 0. The average Bonchev–Trinajstić information content (AvgIpc) is 2.84. The van der Waals surface area contributed by atoms with E-state index < -0.39 is 12.3 Å². The Morgan fingerprint density at radius 2 is 2.20 bits per heavy atom. The second-order valence-corrected chi connectivity index (χ2v) is 3.69. The number of hydrogen-bond acceptors (Lipinski definition) is 2. The van der Waals surface area contributed by atoms with E-state index in [-0.39, 0.29) is 11.8 Å². The predicted molar refractivity (Wildman–Crippen MR) is 46.1 cm³/mol. The second kappa shape index (κ2) is 3.52. The van der Waals surface area contributed by atoms with Crippen LogP contribution in [0.5, 0.6) is 0 Å². The van der Waals surface area contributed by atoms with E-state index >= 15 is 0 Å². The average molecular weight is 220 g/mol. The van der Waals surface area contributed by atoms with Crippen LogP contribution in [0.2, 0.25) is 0 Å². The molecular weight excluding hydrogens is 209 g/mol. The molecule has 6 heteroatoms. The van der Waals surface area contributed by atoms with Crippen LogP contribution in [0.3, 0.4) is 0 Å². The molecule has 1 aliphatic rings. The van der Waals surface area contributed by atoms with E-state index in [9.17, 15) is 13.2 Å². The molecule has 1 aromatic rings.